The van der Waals surface area contributed by atoms with Crippen LogP contribution in [0.1, 0.15) is 33.4 Å². The molecule has 0 unspecified atom stereocenters. The van der Waals surface area contributed by atoms with Crippen LogP contribution in [0, 0.1) is 0 Å². The summed E-state index contributed by atoms with van der Waals surface area (Å²) in [4.78, 5) is 11.8. The number of hydrogen-bond donors (Lipinski definition) is 0. The Morgan fingerprint density at radius 3 is 1.70 bits per heavy atom. The largest absolute Gasteiger partial charge is 0.455 e. The molecule has 2 aliphatic carbocycles. The first kappa shape index (κ1) is 40.3. The molecule has 3 heterocycles. The molecule has 3 aliphatic heterocycles. The van der Waals surface area contributed by atoms with Gasteiger partial charge in [-0.2, -0.15) is 0 Å². The van der Waals surface area contributed by atoms with Crippen molar-refractivity contribution in [3.8, 4) is 34.1 Å². The van der Waals surface area contributed by atoms with Gasteiger partial charge in [-0.1, -0.05) is 157 Å². The highest BCUT2D eigenvalue weighted by Gasteiger charge is 2.51. The highest BCUT2D eigenvalue weighted by Crippen LogP contribution is 2.65. The molecule has 10 aromatic carbocycles. The third-order valence-electron chi connectivity index (χ3n) is 14.5. The van der Waals surface area contributed by atoms with Crippen LogP contribution >= 0.6 is 35.3 Å². The molecule has 0 aromatic heterocycles. The molecule has 0 fully saturated rings. The van der Waals surface area contributed by atoms with Crippen LogP contribution in [0.5, 0.6) is 23.0 Å². The predicted molar refractivity (Wildman–Crippen MR) is 286 cm³/mol. The van der Waals surface area contributed by atoms with Gasteiger partial charge in [-0.05, 0) is 149 Å². The minimum absolute atomic E-state index is 0.682. The Bertz CT molecular complexity index is 3710. The molecule has 10 aromatic rings. The molecule has 0 saturated heterocycles. The number of ether oxygens (including phenoxy) is 2. The topological polar surface area (TPSA) is 24.9 Å². The van der Waals surface area contributed by atoms with Crippen molar-refractivity contribution in [3.63, 3.8) is 0 Å². The summed E-state index contributed by atoms with van der Waals surface area (Å²) in [5, 5.41) is 0. The summed E-state index contributed by atoms with van der Waals surface area (Å²) in [5.41, 5.74) is 16.2. The van der Waals surface area contributed by atoms with Crippen molar-refractivity contribution >= 4 is 69.4 Å². The zero-order chi connectivity index (χ0) is 45.9. The van der Waals surface area contributed by atoms with E-state index >= 15 is 0 Å². The number of aryl methyl sites for hydroxylation is 1. The number of rotatable bonds is 4. The highest BCUT2D eigenvalue weighted by atomic mass is 32.2. The standard InChI is InChI=1S/C63H40N2O2S3/c1-3-17-40(18-4-1)64(41-19-5-2-6-20-41)42-32-34-51-59(36-42)68-56-28-14-11-25-50(56)65(51)52-37-49-45(61-62(52)70-58-30-16-13-27-54(58)67-61)33-31-39-35-55-60(69-57-29-15-12-26-53(57)66-55)38-48(39)63(49)46-23-9-7-21-43(46)44-22-8-10-24-47(44)63/h1-30,32,34-38H,31,33H2. The van der Waals surface area contributed by atoms with Gasteiger partial charge in [0.25, 0.3) is 0 Å². The molecule has 4 nitrogen and oxygen atoms in total. The first-order valence-electron chi connectivity index (χ1n) is 23.8. The first-order valence-corrected chi connectivity index (χ1v) is 26.2. The number of para-hydroxylation sites is 5. The van der Waals surface area contributed by atoms with Crippen LogP contribution in [0.3, 0.4) is 0 Å². The highest BCUT2D eigenvalue weighted by molar-refractivity contribution is 8.00. The number of benzene rings is 10. The Hall–Kier alpha value is -7.55. The quantitative estimate of drug-likeness (QED) is 0.173. The van der Waals surface area contributed by atoms with Crippen molar-refractivity contribution in [1.29, 1.82) is 0 Å². The van der Waals surface area contributed by atoms with Gasteiger partial charge in [-0.15, -0.1) is 0 Å². The second-order valence-electron chi connectivity index (χ2n) is 18.2. The predicted octanol–water partition coefficient (Wildman–Crippen LogP) is 18.1. The smallest absolute Gasteiger partial charge is 0.147 e. The third-order valence-corrected chi connectivity index (χ3v) is 17.9. The molecule has 1 spiro atoms. The lowest BCUT2D eigenvalue weighted by atomic mass is 9.66. The van der Waals surface area contributed by atoms with Crippen LogP contribution in [-0.4, -0.2) is 0 Å². The molecule has 5 aliphatic rings. The van der Waals surface area contributed by atoms with E-state index in [9.17, 15) is 0 Å². The molecule has 15 rings (SSSR count). The van der Waals surface area contributed by atoms with Gasteiger partial charge in [0, 0.05) is 32.4 Å². The Labute approximate surface area is 419 Å². The Morgan fingerprint density at radius 1 is 0.386 bits per heavy atom. The van der Waals surface area contributed by atoms with Gasteiger partial charge in [0.1, 0.15) is 23.0 Å². The summed E-state index contributed by atoms with van der Waals surface area (Å²) in [6.07, 6.45) is 1.62. The van der Waals surface area contributed by atoms with E-state index in [0.717, 1.165) is 89.5 Å². The molecule has 0 bridgehead atoms. The van der Waals surface area contributed by atoms with Gasteiger partial charge in [-0.3, -0.25) is 0 Å². The zero-order valence-electron chi connectivity index (χ0n) is 37.6. The maximum atomic E-state index is 7.42. The van der Waals surface area contributed by atoms with Gasteiger partial charge in [-0.25, -0.2) is 0 Å². The lowest BCUT2D eigenvalue weighted by Crippen LogP contribution is -2.31. The van der Waals surface area contributed by atoms with Crippen molar-refractivity contribution in [2.45, 2.75) is 47.6 Å². The Balaban J connectivity index is 1.02. The van der Waals surface area contributed by atoms with Crippen molar-refractivity contribution in [2.75, 3.05) is 9.80 Å². The van der Waals surface area contributed by atoms with Crippen LogP contribution < -0.4 is 19.3 Å². The average molecular weight is 953 g/mol. The monoisotopic (exact) mass is 952 g/mol. The van der Waals surface area contributed by atoms with Crippen molar-refractivity contribution in [2.24, 2.45) is 0 Å². The van der Waals surface area contributed by atoms with E-state index in [1.165, 1.54) is 54.3 Å². The van der Waals surface area contributed by atoms with Gasteiger partial charge < -0.3 is 19.3 Å². The summed E-state index contributed by atoms with van der Waals surface area (Å²) < 4.78 is 14.2. The maximum absolute atomic E-state index is 7.42. The maximum Gasteiger partial charge on any atom is 0.147 e. The summed E-state index contributed by atoms with van der Waals surface area (Å²) in [6, 6.07) is 79.8. The molecule has 0 atom stereocenters. The molecule has 0 saturated carbocycles. The molecule has 332 valence electrons. The molecule has 70 heavy (non-hydrogen) atoms. The van der Waals surface area contributed by atoms with E-state index in [1.807, 2.05) is 23.5 Å². The second-order valence-corrected chi connectivity index (χ2v) is 21.5. The van der Waals surface area contributed by atoms with E-state index in [-0.39, 0.29) is 0 Å². The molecular weight excluding hydrogens is 913 g/mol. The normalized spacial score (nSPS) is 14.6. The second kappa shape index (κ2) is 15.7. The first-order chi connectivity index (χ1) is 34.7. The van der Waals surface area contributed by atoms with Crippen LogP contribution in [0.2, 0.25) is 0 Å². The number of anilines is 6. The third kappa shape index (κ3) is 5.95. The Morgan fingerprint density at radius 2 is 0.971 bits per heavy atom. The molecule has 0 amide bonds. The van der Waals surface area contributed by atoms with Crippen LogP contribution in [0.15, 0.2) is 248 Å². The fourth-order valence-corrected chi connectivity index (χ4v) is 14.8. The fourth-order valence-electron chi connectivity index (χ4n) is 11.6. The number of nitrogens with zero attached hydrogens (tertiary/aromatic N) is 2. The molecular formula is C63H40N2O2S3. The lowest BCUT2D eigenvalue weighted by molar-refractivity contribution is 0.447. The Kier molecular flexibility index (Phi) is 9.07. The summed E-state index contributed by atoms with van der Waals surface area (Å²) in [7, 11) is 0. The van der Waals surface area contributed by atoms with Crippen LogP contribution in [0.4, 0.5) is 34.1 Å². The molecule has 0 radical (unpaired) electrons. The van der Waals surface area contributed by atoms with Gasteiger partial charge in [0.15, 0.2) is 0 Å². The fraction of sp³-hybridized carbons (Fsp3) is 0.0476. The molecule has 0 N–H and O–H groups in total. The van der Waals surface area contributed by atoms with E-state index in [2.05, 4.69) is 228 Å². The summed E-state index contributed by atoms with van der Waals surface area (Å²) >= 11 is 5.48. The van der Waals surface area contributed by atoms with E-state index in [1.54, 1.807) is 11.8 Å². The van der Waals surface area contributed by atoms with Crippen LogP contribution in [-0.2, 0) is 18.3 Å². The minimum atomic E-state index is -0.682. The van der Waals surface area contributed by atoms with Crippen molar-refractivity contribution in [3.05, 3.63) is 252 Å². The SMILES string of the molecule is c1ccc(N(c2ccccc2)c2ccc3c(c2)Sc2ccccc2N3c2cc3c(c4c2Sc2ccccc2O4)CCc2cc4c(cc2C32c3ccccc3-c3ccccc32)Sc2ccccc2O4)cc1. The van der Waals surface area contributed by atoms with Crippen molar-refractivity contribution in [1.82, 2.24) is 0 Å². The average Bonchev–Trinajstić information content (AvgIpc) is 3.63. The summed E-state index contributed by atoms with van der Waals surface area (Å²) in [5.74, 6) is 3.66. The van der Waals surface area contributed by atoms with Crippen LogP contribution in [0.25, 0.3) is 11.1 Å². The van der Waals surface area contributed by atoms with E-state index < -0.39 is 5.41 Å². The van der Waals surface area contributed by atoms with E-state index in [0.29, 0.717) is 0 Å². The van der Waals surface area contributed by atoms with Gasteiger partial charge >= 0.3 is 0 Å². The number of hydrogen-bond acceptors (Lipinski definition) is 7. The van der Waals surface area contributed by atoms with Gasteiger partial charge in [0.05, 0.1) is 42.1 Å². The lowest BCUT2D eigenvalue weighted by Gasteiger charge is -2.40. The number of fused-ring (bicyclic) bond motifs is 16. The van der Waals surface area contributed by atoms with Crippen molar-refractivity contribution < 1.29 is 9.47 Å². The minimum Gasteiger partial charge on any atom is -0.455 e. The van der Waals surface area contributed by atoms with E-state index in [4.69, 9.17) is 9.47 Å². The summed E-state index contributed by atoms with van der Waals surface area (Å²) in [6.45, 7) is 0. The zero-order valence-corrected chi connectivity index (χ0v) is 40.1. The molecule has 7 heteroatoms. The van der Waals surface area contributed by atoms with Gasteiger partial charge in [0.2, 0.25) is 0 Å².